The molecule has 212 valence electrons. The highest BCUT2D eigenvalue weighted by atomic mass is 28.4. The van der Waals surface area contributed by atoms with Gasteiger partial charge < -0.3 is 18.3 Å². The largest absolute Gasteiger partial charge is 0.543 e. The molecule has 5 rings (SSSR count). The van der Waals surface area contributed by atoms with Crippen molar-refractivity contribution in [2.45, 2.75) is 83.9 Å². The first kappa shape index (κ1) is 28.6. The summed E-state index contributed by atoms with van der Waals surface area (Å²) in [4.78, 5) is 0. The van der Waals surface area contributed by atoms with Gasteiger partial charge in [-0.15, -0.1) is 0 Å². The molecule has 6 heteroatoms. The minimum Gasteiger partial charge on any atom is -0.543 e. The summed E-state index contributed by atoms with van der Waals surface area (Å²) in [5.74, 6) is 3.43. The molecule has 0 fully saturated rings. The zero-order chi connectivity index (χ0) is 29.1. The third-order valence-corrected chi connectivity index (χ3v) is 17.9. The number of fused-ring (bicyclic) bond motifs is 4. The van der Waals surface area contributed by atoms with Gasteiger partial charge in [0.1, 0.15) is 29.6 Å². The number of hydrogen-bond acceptors (Lipinski definition) is 4. The molecule has 3 aromatic carbocycles. The molecule has 1 unspecified atom stereocenters. The molecule has 2 heterocycles. The topological polar surface area (TPSA) is 36.9 Å². The highest BCUT2D eigenvalue weighted by Crippen LogP contribution is 2.52. The lowest BCUT2D eigenvalue weighted by Crippen LogP contribution is -2.43. The molecule has 0 radical (unpaired) electrons. The van der Waals surface area contributed by atoms with Crippen LogP contribution in [-0.2, 0) is 0 Å². The Bertz CT molecular complexity index is 1440. The van der Waals surface area contributed by atoms with Crippen molar-refractivity contribution in [3.63, 3.8) is 0 Å². The van der Waals surface area contributed by atoms with Gasteiger partial charge in [0.05, 0.1) is 0 Å². The van der Waals surface area contributed by atoms with Crippen molar-refractivity contribution in [2.24, 2.45) is 0 Å². The summed E-state index contributed by atoms with van der Waals surface area (Å²) in [6.45, 7) is 23.1. The molecule has 2 aliphatic rings. The molecular weight excluding hydrogens is 529 g/mol. The number of hydrogen-bond donors (Lipinski definition) is 0. The standard InChI is InChI=1S/C34H44O4Si2/c1-33(2,3)39(7,8)37-24-17-19-27-29(20-24)35-22-28-26-18-16-25(38-40(9,10)34(4,5)6)21-30(26)36-32(31(27)28)23-14-12-11-13-15-23/h11-21,32H,22H2,1-10H3. The van der Waals surface area contributed by atoms with Crippen molar-refractivity contribution in [2.75, 3.05) is 6.61 Å². The van der Waals surface area contributed by atoms with E-state index in [0.717, 1.165) is 45.3 Å². The summed E-state index contributed by atoms with van der Waals surface area (Å²) < 4.78 is 26.5. The minimum absolute atomic E-state index is 0.111. The smallest absolute Gasteiger partial charge is 0.250 e. The fourth-order valence-corrected chi connectivity index (χ4v) is 6.72. The van der Waals surface area contributed by atoms with Crippen molar-refractivity contribution >= 4 is 27.8 Å². The summed E-state index contributed by atoms with van der Waals surface area (Å²) in [6, 6.07) is 23.1. The first-order chi connectivity index (χ1) is 18.6. The molecule has 1 atom stereocenters. The second-order valence-corrected chi connectivity index (χ2v) is 23.6. The maximum atomic E-state index is 6.84. The van der Waals surface area contributed by atoms with Gasteiger partial charge >= 0.3 is 0 Å². The van der Waals surface area contributed by atoms with Crippen molar-refractivity contribution in [1.29, 1.82) is 0 Å². The van der Waals surface area contributed by atoms with E-state index >= 15 is 0 Å². The lowest BCUT2D eigenvalue weighted by atomic mass is 9.84. The van der Waals surface area contributed by atoms with Gasteiger partial charge in [0.25, 0.3) is 0 Å². The third-order valence-electron chi connectivity index (χ3n) is 9.19. The Morgan fingerprint density at radius 1 is 0.675 bits per heavy atom. The summed E-state index contributed by atoms with van der Waals surface area (Å²) in [6.07, 6.45) is -0.248. The quantitative estimate of drug-likeness (QED) is 0.285. The van der Waals surface area contributed by atoms with E-state index in [1.54, 1.807) is 0 Å². The Morgan fingerprint density at radius 2 is 1.20 bits per heavy atom. The van der Waals surface area contributed by atoms with Crippen LogP contribution < -0.4 is 18.3 Å². The van der Waals surface area contributed by atoms with Crippen LogP contribution in [0.15, 0.2) is 66.7 Å². The Morgan fingerprint density at radius 3 is 1.75 bits per heavy atom. The molecule has 2 aliphatic heterocycles. The molecule has 4 nitrogen and oxygen atoms in total. The van der Waals surface area contributed by atoms with E-state index in [0.29, 0.717) is 6.61 Å². The number of ether oxygens (including phenoxy) is 2. The van der Waals surface area contributed by atoms with E-state index in [9.17, 15) is 0 Å². The third kappa shape index (κ3) is 5.24. The maximum Gasteiger partial charge on any atom is 0.250 e. The summed E-state index contributed by atoms with van der Waals surface area (Å²) in [5, 5.41) is 0.228. The Hall–Kier alpha value is -2.97. The monoisotopic (exact) mass is 572 g/mol. The Labute approximate surface area is 242 Å². The van der Waals surface area contributed by atoms with Crippen molar-refractivity contribution in [3.8, 4) is 23.0 Å². The summed E-state index contributed by atoms with van der Waals surface area (Å²) in [7, 11) is -3.96. The van der Waals surface area contributed by atoms with Crippen LogP contribution in [-0.4, -0.2) is 23.2 Å². The van der Waals surface area contributed by atoms with Crippen LogP contribution in [0.5, 0.6) is 23.0 Å². The van der Waals surface area contributed by atoms with Gasteiger partial charge in [0.2, 0.25) is 16.6 Å². The van der Waals surface area contributed by atoms with E-state index in [2.05, 4.69) is 128 Å². The molecule has 0 N–H and O–H groups in total. The van der Waals surface area contributed by atoms with Gasteiger partial charge in [-0.2, -0.15) is 0 Å². The van der Waals surface area contributed by atoms with E-state index < -0.39 is 16.6 Å². The van der Waals surface area contributed by atoms with Crippen molar-refractivity contribution in [1.82, 2.24) is 0 Å². The predicted octanol–water partition coefficient (Wildman–Crippen LogP) is 9.89. The fraction of sp³-hybridized carbons (Fsp3) is 0.412. The zero-order valence-corrected chi connectivity index (χ0v) is 27.8. The van der Waals surface area contributed by atoms with Crippen LogP contribution in [0.3, 0.4) is 0 Å². The average molecular weight is 573 g/mol. The molecule has 3 aromatic rings. The van der Waals surface area contributed by atoms with E-state index in [4.69, 9.17) is 18.3 Å². The maximum absolute atomic E-state index is 6.84. The molecular formula is C34H44O4Si2. The van der Waals surface area contributed by atoms with Crippen LogP contribution in [0.4, 0.5) is 0 Å². The van der Waals surface area contributed by atoms with E-state index in [1.165, 1.54) is 5.57 Å². The van der Waals surface area contributed by atoms with Crippen LogP contribution >= 0.6 is 0 Å². The molecule has 0 amide bonds. The highest BCUT2D eigenvalue weighted by molar-refractivity contribution is 6.75. The predicted molar refractivity (Wildman–Crippen MR) is 171 cm³/mol. The van der Waals surface area contributed by atoms with Gasteiger partial charge in [-0.1, -0.05) is 71.9 Å². The highest BCUT2D eigenvalue weighted by Gasteiger charge is 2.41. The molecule has 0 aliphatic carbocycles. The first-order valence-corrected chi connectivity index (χ1v) is 20.1. The van der Waals surface area contributed by atoms with Crippen LogP contribution in [0, 0.1) is 0 Å². The molecule has 0 saturated heterocycles. The van der Waals surface area contributed by atoms with Gasteiger partial charge in [0.15, 0.2) is 6.10 Å². The van der Waals surface area contributed by atoms with E-state index in [-0.39, 0.29) is 16.2 Å². The van der Waals surface area contributed by atoms with Gasteiger partial charge in [0, 0.05) is 34.4 Å². The molecule has 40 heavy (non-hydrogen) atoms. The summed E-state index contributed by atoms with van der Waals surface area (Å²) >= 11 is 0. The van der Waals surface area contributed by atoms with Crippen LogP contribution in [0.1, 0.15) is 64.3 Å². The minimum atomic E-state index is -1.99. The van der Waals surface area contributed by atoms with Gasteiger partial charge in [-0.3, -0.25) is 0 Å². The number of rotatable bonds is 5. The molecule has 0 aromatic heterocycles. The SMILES string of the molecule is CC(C)(C)[Si](C)(C)Oc1ccc2c(c1)OC(c1ccccc1)C1=C2COc2cc(O[Si](C)(C)C(C)(C)C)ccc21. The fourth-order valence-electron chi connectivity index (χ4n) is 4.68. The van der Waals surface area contributed by atoms with Crippen molar-refractivity contribution in [3.05, 3.63) is 83.4 Å². The lowest BCUT2D eigenvalue weighted by molar-refractivity contribution is 0.253. The Kier molecular flexibility index (Phi) is 7.03. The average Bonchev–Trinajstić information content (AvgIpc) is 2.86. The first-order valence-electron chi connectivity index (χ1n) is 14.3. The second kappa shape index (κ2) is 9.84. The normalized spacial score (nSPS) is 17.2. The number of benzene rings is 3. The van der Waals surface area contributed by atoms with Gasteiger partial charge in [-0.25, -0.2) is 0 Å². The lowest BCUT2D eigenvalue weighted by Gasteiger charge is -2.38. The summed E-state index contributed by atoms with van der Waals surface area (Å²) in [5.41, 5.74) is 5.57. The van der Waals surface area contributed by atoms with Crippen LogP contribution in [0.25, 0.3) is 11.1 Å². The molecule has 0 saturated carbocycles. The van der Waals surface area contributed by atoms with E-state index in [1.807, 2.05) is 6.07 Å². The molecule has 0 spiro atoms. The van der Waals surface area contributed by atoms with Gasteiger partial charge in [-0.05, 0) is 66.1 Å². The Balaban J connectivity index is 1.58. The zero-order valence-electron chi connectivity index (χ0n) is 25.8. The second-order valence-electron chi connectivity index (χ2n) is 14.1. The molecule has 0 bridgehead atoms. The van der Waals surface area contributed by atoms with Crippen molar-refractivity contribution < 1.29 is 18.3 Å². The van der Waals surface area contributed by atoms with Crippen LogP contribution in [0.2, 0.25) is 36.3 Å².